The first-order chi connectivity index (χ1) is 10.1. The van der Waals surface area contributed by atoms with Gasteiger partial charge in [-0.05, 0) is 37.5 Å². The lowest BCUT2D eigenvalue weighted by Crippen LogP contribution is -2.43. The van der Waals surface area contributed by atoms with Gasteiger partial charge in [-0.1, -0.05) is 18.2 Å². The van der Waals surface area contributed by atoms with Crippen LogP contribution in [-0.4, -0.2) is 53.2 Å². The second-order valence-electron chi connectivity index (χ2n) is 5.73. The minimum atomic E-state index is -0.484. The maximum Gasteiger partial charge on any atom is 0.337 e. The Morgan fingerprint density at radius 1 is 1.52 bits per heavy atom. The first kappa shape index (κ1) is 14.8. The number of esters is 1. The Hall–Kier alpha value is -1.10. The molecule has 1 aliphatic carbocycles. The lowest BCUT2D eigenvalue weighted by Gasteiger charge is -2.35. The Kier molecular flexibility index (Phi) is 4.20. The van der Waals surface area contributed by atoms with Crippen molar-refractivity contribution in [1.82, 2.24) is 4.90 Å². The molecule has 0 aromatic rings. The number of halogens is 1. The van der Waals surface area contributed by atoms with E-state index in [1.165, 1.54) is 0 Å². The molecule has 3 rings (SSSR count). The van der Waals surface area contributed by atoms with Gasteiger partial charge in [0.05, 0.1) is 23.7 Å². The molecule has 21 heavy (non-hydrogen) atoms. The van der Waals surface area contributed by atoms with Crippen molar-refractivity contribution in [2.75, 3.05) is 19.7 Å². The zero-order valence-corrected chi connectivity index (χ0v) is 12.8. The average molecular weight is 310 g/mol. The largest absolute Gasteiger partial charge is 0.462 e. The molecule has 0 spiro atoms. The van der Waals surface area contributed by atoms with E-state index >= 15 is 0 Å². The molecule has 5 heteroatoms. The van der Waals surface area contributed by atoms with Crippen LogP contribution in [0.25, 0.3) is 0 Å². The van der Waals surface area contributed by atoms with E-state index in [1.54, 1.807) is 13.0 Å². The maximum atomic E-state index is 12.0. The number of aliphatic hydroxyl groups excluding tert-OH is 1. The molecule has 0 radical (unpaired) electrons. The number of carbonyl (C=O) groups is 1. The summed E-state index contributed by atoms with van der Waals surface area (Å²) in [6.07, 6.45) is 7.93. The molecule has 2 aliphatic heterocycles. The Balaban J connectivity index is 1.96. The van der Waals surface area contributed by atoms with Crippen LogP contribution in [0.2, 0.25) is 0 Å². The number of ether oxygens (including phenoxy) is 1. The van der Waals surface area contributed by atoms with Crippen molar-refractivity contribution in [3.8, 4) is 0 Å². The van der Waals surface area contributed by atoms with E-state index in [-0.39, 0.29) is 23.3 Å². The topological polar surface area (TPSA) is 49.8 Å². The van der Waals surface area contributed by atoms with Crippen LogP contribution in [0.5, 0.6) is 0 Å². The van der Waals surface area contributed by atoms with E-state index in [2.05, 4.69) is 4.90 Å². The van der Waals surface area contributed by atoms with Crippen molar-refractivity contribution in [1.29, 1.82) is 0 Å². The van der Waals surface area contributed by atoms with Gasteiger partial charge in [0.15, 0.2) is 0 Å². The lowest BCUT2D eigenvalue weighted by atomic mass is 9.83. The predicted molar refractivity (Wildman–Crippen MR) is 81.1 cm³/mol. The van der Waals surface area contributed by atoms with Crippen LogP contribution in [0.1, 0.15) is 13.3 Å². The highest BCUT2D eigenvalue weighted by molar-refractivity contribution is 6.24. The zero-order valence-electron chi connectivity index (χ0n) is 12.0. The van der Waals surface area contributed by atoms with E-state index in [1.807, 2.05) is 18.2 Å². The molecule has 4 nitrogen and oxygen atoms in total. The second-order valence-corrected chi connectivity index (χ2v) is 6.20. The Morgan fingerprint density at radius 3 is 3.10 bits per heavy atom. The third-order valence-electron chi connectivity index (χ3n) is 4.36. The minimum absolute atomic E-state index is 0.185. The van der Waals surface area contributed by atoms with E-state index in [4.69, 9.17) is 16.3 Å². The fraction of sp³-hybridized carbons (Fsp3) is 0.562. The number of nitrogens with zero attached hydrogens (tertiary/aromatic N) is 1. The molecule has 2 heterocycles. The normalized spacial score (nSPS) is 35.4. The average Bonchev–Trinajstić information content (AvgIpc) is 2.86. The quantitative estimate of drug-likeness (QED) is 0.479. The summed E-state index contributed by atoms with van der Waals surface area (Å²) in [5, 5.41) is 9.66. The van der Waals surface area contributed by atoms with Crippen molar-refractivity contribution in [2.24, 2.45) is 5.92 Å². The zero-order chi connectivity index (χ0) is 15.0. The Labute approximate surface area is 129 Å². The summed E-state index contributed by atoms with van der Waals surface area (Å²) >= 11 is 6.47. The fourth-order valence-electron chi connectivity index (χ4n) is 3.49. The molecule has 0 aromatic heterocycles. The van der Waals surface area contributed by atoms with E-state index < -0.39 is 6.10 Å². The summed E-state index contributed by atoms with van der Waals surface area (Å²) in [4.78, 5) is 14.3. The molecule has 0 bridgehead atoms. The van der Waals surface area contributed by atoms with Crippen molar-refractivity contribution < 1.29 is 14.6 Å². The molecule has 0 saturated carbocycles. The van der Waals surface area contributed by atoms with Gasteiger partial charge in [0, 0.05) is 12.6 Å². The smallest absolute Gasteiger partial charge is 0.337 e. The first-order valence-corrected chi connectivity index (χ1v) is 7.88. The summed E-state index contributed by atoms with van der Waals surface area (Å²) in [6, 6.07) is 0.185. The van der Waals surface area contributed by atoms with Gasteiger partial charge in [0.25, 0.3) is 0 Å². The molecule has 1 N–H and O–H groups in total. The number of rotatable bonds is 2. The van der Waals surface area contributed by atoms with Crippen LogP contribution in [0.3, 0.4) is 0 Å². The van der Waals surface area contributed by atoms with Gasteiger partial charge in [-0.25, -0.2) is 4.79 Å². The maximum absolute atomic E-state index is 12.0. The van der Waals surface area contributed by atoms with Crippen LogP contribution in [-0.2, 0) is 9.53 Å². The highest BCUT2D eigenvalue weighted by Crippen LogP contribution is 2.39. The van der Waals surface area contributed by atoms with Gasteiger partial charge in [0.1, 0.15) is 0 Å². The SMILES string of the molecule is CCOC(=O)C1=CC2CCN3CC(O)C=CC(Cl)C(=C1)C23. The summed E-state index contributed by atoms with van der Waals surface area (Å²) in [5.41, 5.74) is 1.64. The van der Waals surface area contributed by atoms with Crippen LogP contribution in [0.15, 0.2) is 35.5 Å². The Morgan fingerprint density at radius 2 is 2.33 bits per heavy atom. The van der Waals surface area contributed by atoms with Crippen LogP contribution >= 0.6 is 11.6 Å². The molecular formula is C16H20ClNO3. The van der Waals surface area contributed by atoms with Gasteiger partial charge in [0.2, 0.25) is 0 Å². The summed E-state index contributed by atoms with van der Waals surface area (Å²) in [5.74, 6) is -0.0128. The minimum Gasteiger partial charge on any atom is -0.462 e. The van der Waals surface area contributed by atoms with Crippen molar-refractivity contribution in [3.63, 3.8) is 0 Å². The molecule has 1 saturated heterocycles. The number of carbonyl (C=O) groups excluding carboxylic acids is 1. The van der Waals surface area contributed by atoms with Gasteiger partial charge in [-0.15, -0.1) is 11.6 Å². The van der Waals surface area contributed by atoms with E-state index in [0.717, 1.165) is 18.5 Å². The third-order valence-corrected chi connectivity index (χ3v) is 4.76. The lowest BCUT2D eigenvalue weighted by molar-refractivity contribution is -0.138. The fourth-order valence-corrected chi connectivity index (χ4v) is 3.76. The van der Waals surface area contributed by atoms with Crippen LogP contribution < -0.4 is 0 Å². The highest BCUT2D eigenvalue weighted by atomic mass is 35.5. The second kappa shape index (κ2) is 5.95. The number of allylic oxidation sites excluding steroid dienone is 1. The molecule has 0 amide bonds. The number of aliphatic hydroxyl groups is 1. The molecule has 1 fully saturated rings. The molecule has 0 aromatic carbocycles. The summed E-state index contributed by atoms with van der Waals surface area (Å²) < 4.78 is 5.11. The number of alkyl halides is 1. The van der Waals surface area contributed by atoms with Crippen molar-refractivity contribution in [2.45, 2.75) is 30.9 Å². The Bertz CT molecular complexity index is 526. The third kappa shape index (κ3) is 2.80. The number of hydrogen-bond donors (Lipinski definition) is 1. The van der Waals surface area contributed by atoms with E-state index in [9.17, 15) is 9.90 Å². The molecule has 4 atom stereocenters. The first-order valence-electron chi connectivity index (χ1n) is 7.45. The van der Waals surface area contributed by atoms with Crippen molar-refractivity contribution >= 4 is 17.6 Å². The molecular weight excluding hydrogens is 290 g/mol. The predicted octanol–water partition coefficient (Wildman–Crippen LogP) is 1.64. The summed E-state index contributed by atoms with van der Waals surface area (Å²) in [7, 11) is 0. The van der Waals surface area contributed by atoms with Crippen molar-refractivity contribution in [3.05, 3.63) is 35.5 Å². The van der Waals surface area contributed by atoms with Gasteiger partial charge in [-0.2, -0.15) is 0 Å². The van der Waals surface area contributed by atoms with E-state index in [0.29, 0.717) is 18.7 Å². The van der Waals surface area contributed by atoms with Crippen LogP contribution in [0.4, 0.5) is 0 Å². The van der Waals surface area contributed by atoms with Crippen LogP contribution in [0, 0.1) is 5.92 Å². The molecule has 114 valence electrons. The van der Waals surface area contributed by atoms with Gasteiger partial charge >= 0.3 is 5.97 Å². The van der Waals surface area contributed by atoms with Gasteiger partial charge < -0.3 is 9.84 Å². The molecule has 3 aliphatic rings. The monoisotopic (exact) mass is 309 g/mol. The molecule has 4 unspecified atom stereocenters. The number of hydrogen-bond acceptors (Lipinski definition) is 4. The standard InChI is InChI=1S/C16H20ClNO3/c1-2-21-16(20)11-7-10-5-6-18-9-12(19)3-4-14(17)13(8-11)15(10)18/h3-4,7-8,10,12,14-15,19H,2,5-6,9H2,1H3. The summed E-state index contributed by atoms with van der Waals surface area (Å²) in [6.45, 7) is 3.70. The highest BCUT2D eigenvalue weighted by Gasteiger charge is 2.41. The van der Waals surface area contributed by atoms with Gasteiger partial charge in [-0.3, -0.25) is 4.90 Å².